The number of carbonyl (C=O) groups is 2. The number of thioether (sulfide) groups is 1. The largest absolute Gasteiger partial charge is 0.343 e. The fourth-order valence-corrected chi connectivity index (χ4v) is 3.86. The number of hydrogen-bond acceptors (Lipinski definition) is 4. The van der Waals surface area contributed by atoms with E-state index in [1.807, 2.05) is 24.3 Å². The van der Waals surface area contributed by atoms with Crippen molar-refractivity contribution in [3.05, 3.63) is 66.1 Å². The molecule has 1 unspecified atom stereocenters. The molecule has 1 N–H and O–H groups in total. The van der Waals surface area contributed by atoms with Gasteiger partial charge in [-0.25, -0.2) is 0 Å². The van der Waals surface area contributed by atoms with E-state index in [2.05, 4.69) is 33.2 Å². The molecule has 6 heteroatoms. The molecule has 1 aromatic carbocycles. The molecule has 1 fully saturated rings. The van der Waals surface area contributed by atoms with Crippen LogP contribution in [0, 0.1) is 0 Å². The fraction of sp³-hybridized carbons (Fsp3) is 0.167. The highest BCUT2D eigenvalue weighted by atomic mass is 32.2. The molecule has 1 atom stereocenters. The Kier molecular flexibility index (Phi) is 3.82. The molecule has 3 aromatic rings. The van der Waals surface area contributed by atoms with E-state index in [1.165, 1.54) is 5.56 Å². The van der Waals surface area contributed by atoms with Gasteiger partial charge in [0, 0.05) is 36.0 Å². The highest BCUT2D eigenvalue weighted by Crippen LogP contribution is 2.27. The summed E-state index contributed by atoms with van der Waals surface area (Å²) in [5.41, 5.74) is 3.39. The Hall–Kier alpha value is -2.60. The zero-order valence-corrected chi connectivity index (χ0v) is 13.6. The van der Waals surface area contributed by atoms with E-state index in [1.54, 1.807) is 12.4 Å². The van der Waals surface area contributed by atoms with Crippen LogP contribution in [0.3, 0.4) is 0 Å². The minimum absolute atomic E-state index is 0.196. The Morgan fingerprint density at radius 1 is 1.12 bits per heavy atom. The highest BCUT2D eigenvalue weighted by molar-refractivity contribution is 8.15. The molecule has 1 aliphatic heterocycles. The van der Waals surface area contributed by atoms with Gasteiger partial charge in [0.15, 0.2) is 0 Å². The van der Waals surface area contributed by atoms with Crippen molar-refractivity contribution in [1.29, 1.82) is 0 Å². The van der Waals surface area contributed by atoms with Gasteiger partial charge < -0.3 is 4.57 Å². The lowest BCUT2D eigenvalue weighted by molar-refractivity contribution is -0.118. The third-order valence-corrected chi connectivity index (χ3v) is 5.16. The van der Waals surface area contributed by atoms with Crippen LogP contribution in [-0.4, -0.2) is 25.9 Å². The first kappa shape index (κ1) is 15.0. The van der Waals surface area contributed by atoms with Gasteiger partial charge in [-0.2, -0.15) is 0 Å². The summed E-state index contributed by atoms with van der Waals surface area (Å²) < 4.78 is 2.18. The highest BCUT2D eigenvalue weighted by Gasteiger charge is 2.31. The first-order valence-corrected chi connectivity index (χ1v) is 8.56. The Bertz CT molecular complexity index is 920. The molecular weight excluding hydrogens is 322 g/mol. The van der Waals surface area contributed by atoms with Crippen LogP contribution in [0.2, 0.25) is 0 Å². The number of aromatic nitrogens is 2. The predicted molar refractivity (Wildman–Crippen MR) is 93.9 cm³/mol. The van der Waals surface area contributed by atoms with Crippen LogP contribution < -0.4 is 5.32 Å². The van der Waals surface area contributed by atoms with Crippen molar-refractivity contribution < 1.29 is 9.59 Å². The van der Waals surface area contributed by atoms with Crippen LogP contribution >= 0.6 is 11.8 Å². The number of fused-ring (bicyclic) bond motifs is 1. The molecule has 120 valence electrons. The summed E-state index contributed by atoms with van der Waals surface area (Å²) in [5, 5.41) is 2.87. The second-order valence-corrected chi connectivity index (χ2v) is 6.91. The number of carbonyl (C=O) groups excluding carboxylic acids is 2. The monoisotopic (exact) mass is 337 g/mol. The summed E-state index contributed by atoms with van der Waals surface area (Å²) in [7, 11) is 0. The van der Waals surface area contributed by atoms with Crippen LogP contribution in [0.4, 0.5) is 4.79 Å². The number of pyridine rings is 1. The summed E-state index contributed by atoms with van der Waals surface area (Å²) >= 11 is 1.07. The topological polar surface area (TPSA) is 64.0 Å². The second kappa shape index (κ2) is 6.13. The van der Waals surface area contributed by atoms with Crippen molar-refractivity contribution in [1.82, 2.24) is 14.9 Å². The van der Waals surface area contributed by atoms with Crippen molar-refractivity contribution >= 4 is 33.8 Å². The average molecular weight is 337 g/mol. The Labute approximate surface area is 143 Å². The molecule has 1 saturated heterocycles. The summed E-state index contributed by atoms with van der Waals surface area (Å²) in [6, 6.07) is 12.2. The van der Waals surface area contributed by atoms with Gasteiger partial charge in [-0.1, -0.05) is 23.9 Å². The maximum Gasteiger partial charge on any atom is 0.286 e. The number of nitrogens with zero attached hydrogens (tertiary/aromatic N) is 2. The Morgan fingerprint density at radius 3 is 2.71 bits per heavy atom. The van der Waals surface area contributed by atoms with Gasteiger partial charge in [-0.15, -0.1) is 0 Å². The maximum absolute atomic E-state index is 11.8. The van der Waals surface area contributed by atoms with Crippen molar-refractivity contribution in [2.75, 3.05) is 0 Å². The lowest BCUT2D eigenvalue weighted by atomic mass is 10.0. The normalized spacial score (nSPS) is 17.4. The van der Waals surface area contributed by atoms with E-state index >= 15 is 0 Å². The van der Waals surface area contributed by atoms with Crippen molar-refractivity contribution in [2.24, 2.45) is 0 Å². The number of amides is 2. The Morgan fingerprint density at radius 2 is 1.96 bits per heavy atom. The molecule has 0 radical (unpaired) electrons. The fourth-order valence-electron chi connectivity index (χ4n) is 3.02. The second-order valence-electron chi connectivity index (χ2n) is 5.74. The van der Waals surface area contributed by atoms with Gasteiger partial charge in [0.05, 0.1) is 5.25 Å². The number of nitrogens with one attached hydrogen (secondary N) is 1. The molecular formula is C18H15N3O2S. The van der Waals surface area contributed by atoms with Crippen LogP contribution in [0.1, 0.15) is 11.1 Å². The number of benzene rings is 1. The van der Waals surface area contributed by atoms with E-state index in [4.69, 9.17) is 0 Å². The molecule has 2 amide bonds. The SMILES string of the molecule is O=C1NC(=O)C(Cc2cccc3c2ccn3Cc2ccncc2)S1. The molecule has 0 spiro atoms. The van der Waals surface area contributed by atoms with Gasteiger partial charge in [0.25, 0.3) is 5.24 Å². The van der Waals surface area contributed by atoms with Crippen molar-refractivity contribution in [3.63, 3.8) is 0 Å². The maximum atomic E-state index is 11.8. The van der Waals surface area contributed by atoms with E-state index in [0.717, 1.165) is 34.8 Å². The first-order chi connectivity index (χ1) is 11.7. The quantitative estimate of drug-likeness (QED) is 0.795. The van der Waals surface area contributed by atoms with Crippen LogP contribution in [0.5, 0.6) is 0 Å². The summed E-state index contributed by atoms with van der Waals surface area (Å²) in [6.45, 7) is 0.770. The lowest BCUT2D eigenvalue weighted by Gasteiger charge is -2.09. The third-order valence-electron chi connectivity index (χ3n) is 4.18. The minimum Gasteiger partial charge on any atom is -0.343 e. The standard InChI is InChI=1S/C18H15N3O2S/c22-17-16(24-18(23)20-17)10-13-2-1-3-15-14(13)6-9-21(15)11-12-4-7-19-8-5-12/h1-9,16H,10-11H2,(H,20,22,23). The average Bonchev–Trinajstić information content (AvgIpc) is 3.13. The number of hydrogen-bond donors (Lipinski definition) is 1. The van der Waals surface area contributed by atoms with Gasteiger partial charge in [-0.05, 0) is 41.8 Å². The van der Waals surface area contributed by atoms with E-state index in [9.17, 15) is 9.59 Å². The molecule has 4 rings (SSSR count). The van der Waals surface area contributed by atoms with Gasteiger partial charge >= 0.3 is 0 Å². The molecule has 5 nitrogen and oxygen atoms in total. The summed E-state index contributed by atoms with van der Waals surface area (Å²) in [5.74, 6) is -0.196. The smallest absolute Gasteiger partial charge is 0.286 e. The van der Waals surface area contributed by atoms with E-state index in [-0.39, 0.29) is 16.4 Å². The molecule has 1 aliphatic rings. The third kappa shape index (κ3) is 2.80. The van der Waals surface area contributed by atoms with Crippen molar-refractivity contribution in [2.45, 2.75) is 18.2 Å². The van der Waals surface area contributed by atoms with Crippen molar-refractivity contribution in [3.8, 4) is 0 Å². The molecule has 0 saturated carbocycles. The molecule has 0 aliphatic carbocycles. The summed E-state index contributed by atoms with van der Waals surface area (Å²) in [4.78, 5) is 27.2. The first-order valence-electron chi connectivity index (χ1n) is 7.68. The van der Waals surface area contributed by atoms with Crippen LogP contribution in [-0.2, 0) is 17.8 Å². The van der Waals surface area contributed by atoms with Gasteiger partial charge in [0.1, 0.15) is 0 Å². The van der Waals surface area contributed by atoms with Crippen LogP contribution in [0.25, 0.3) is 10.9 Å². The Balaban J connectivity index is 1.64. The van der Waals surface area contributed by atoms with Gasteiger partial charge in [0.2, 0.25) is 5.91 Å². The number of rotatable bonds is 4. The molecule has 3 heterocycles. The zero-order chi connectivity index (χ0) is 16.5. The predicted octanol–water partition coefficient (Wildman–Crippen LogP) is 2.98. The molecule has 0 bridgehead atoms. The van der Waals surface area contributed by atoms with Crippen LogP contribution in [0.15, 0.2) is 55.0 Å². The zero-order valence-electron chi connectivity index (χ0n) is 12.8. The minimum atomic E-state index is -0.341. The van der Waals surface area contributed by atoms with Gasteiger partial charge in [-0.3, -0.25) is 19.9 Å². The van der Waals surface area contributed by atoms with E-state index < -0.39 is 0 Å². The number of imide groups is 1. The molecule has 24 heavy (non-hydrogen) atoms. The van der Waals surface area contributed by atoms with E-state index in [0.29, 0.717) is 6.42 Å². The summed E-state index contributed by atoms with van der Waals surface area (Å²) in [6.07, 6.45) is 6.19. The lowest BCUT2D eigenvalue weighted by Crippen LogP contribution is -2.25. The molecule has 2 aromatic heterocycles.